The average molecular weight is 230 g/mol. The van der Waals surface area contributed by atoms with Crippen LogP contribution in [0.5, 0.6) is 0 Å². The normalized spacial score (nSPS) is 21.6. The predicted molar refractivity (Wildman–Crippen MR) is 60.1 cm³/mol. The molecule has 16 heavy (non-hydrogen) atoms. The van der Waals surface area contributed by atoms with E-state index in [1.807, 2.05) is 0 Å². The first kappa shape index (κ1) is 13.5. The second-order valence-corrected chi connectivity index (χ2v) is 4.81. The molecular formula is C12H22O4. The summed E-state index contributed by atoms with van der Waals surface area (Å²) < 4.78 is 0. The van der Waals surface area contributed by atoms with E-state index in [2.05, 4.69) is 0 Å². The van der Waals surface area contributed by atoms with Gasteiger partial charge in [-0.3, -0.25) is 4.79 Å². The summed E-state index contributed by atoms with van der Waals surface area (Å²) in [5, 5.41) is 27.8. The summed E-state index contributed by atoms with van der Waals surface area (Å²) in [4.78, 5) is 10.3. The van der Waals surface area contributed by atoms with Crippen LogP contribution in [0.3, 0.4) is 0 Å². The van der Waals surface area contributed by atoms with Gasteiger partial charge in [0.2, 0.25) is 0 Å². The first-order valence-electron chi connectivity index (χ1n) is 6.17. The summed E-state index contributed by atoms with van der Waals surface area (Å²) in [7, 11) is 0. The van der Waals surface area contributed by atoms with Crippen LogP contribution in [0.4, 0.5) is 0 Å². The van der Waals surface area contributed by atoms with Crippen molar-refractivity contribution in [1.82, 2.24) is 0 Å². The van der Waals surface area contributed by atoms with Gasteiger partial charge < -0.3 is 15.3 Å². The molecule has 0 aliphatic heterocycles. The highest BCUT2D eigenvalue weighted by Gasteiger charge is 2.22. The third kappa shape index (κ3) is 4.94. The molecule has 0 spiro atoms. The van der Waals surface area contributed by atoms with Crippen molar-refractivity contribution in [3.8, 4) is 0 Å². The lowest BCUT2D eigenvalue weighted by Gasteiger charge is -2.26. The zero-order valence-corrected chi connectivity index (χ0v) is 9.64. The topological polar surface area (TPSA) is 77.8 Å². The fourth-order valence-electron chi connectivity index (χ4n) is 2.39. The number of rotatable bonds is 6. The molecule has 0 bridgehead atoms. The number of aliphatic carboxylic acids is 1. The number of hydrogen-bond acceptors (Lipinski definition) is 3. The third-order valence-corrected chi connectivity index (χ3v) is 3.40. The van der Waals surface area contributed by atoms with Gasteiger partial charge in [-0.15, -0.1) is 0 Å². The molecule has 0 heterocycles. The van der Waals surface area contributed by atoms with Gasteiger partial charge in [0.15, 0.2) is 0 Å². The fraction of sp³-hybridized carbons (Fsp3) is 0.917. The van der Waals surface area contributed by atoms with Crippen LogP contribution in [0, 0.1) is 5.92 Å². The Bertz CT molecular complexity index is 211. The van der Waals surface area contributed by atoms with E-state index in [1.165, 1.54) is 19.3 Å². The number of aliphatic hydroxyl groups is 2. The second-order valence-electron chi connectivity index (χ2n) is 4.81. The van der Waals surface area contributed by atoms with Crippen molar-refractivity contribution in [1.29, 1.82) is 0 Å². The molecule has 1 saturated carbocycles. The van der Waals surface area contributed by atoms with Crippen LogP contribution < -0.4 is 0 Å². The summed E-state index contributed by atoms with van der Waals surface area (Å²) in [5.74, 6) is -0.424. The van der Waals surface area contributed by atoms with E-state index < -0.39 is 18.2 Å². The molecule has 1 aliphatic carbocycles. The maximum absolute atomic E-state index is 10.3. The Kier molecular flexibility index (Phi) is 5.77. The maximum Gasteiger partial charge on any atom is 0.303 e. The van der Waals surface area contributed by atoms with Crippen molar-refractivity contribution < 1.29 is 20.1 Å². The molecule has 1 aliphatic rings. The Balaban J connectivity index is 2.21. The third-order valence-electron chi connectivity index (χ3n) is 3.40. The minimum atomic E-state index is -0.927. The minimum absolute atomic E-state index is 0.0805. The summed E-state index contributed by atoms with van der Waals surface area (Å²) in [6.07, 6.45) is 4.97. The summed E-state index contributed by atoms with van der Waals surface area (Å²) >= 11 is 0. The highest BCUT2D eigenvalue weighted by Crippen LogP contribution is 2.28. The number of aliphatic hydroxyl groups excluding tert-OH is 2. The van der Waals surface area contributed by atoms with Gasteiger partial charge in [0, 0.05) is 6.42 Å². The van der Waals surface area contributed by atoms with Crippen molar-refractivity contribution in [2.45, 2.75) is 63.6 Å². The molecule has 0 aromatic rings. The van der Waals surface area contributed by atoms with E-state index in [9.17, 15) is 15.0 Å². The van der Waals surface area contributed by atoms with Crippen LogP contribution in [0.15, 0.2) is 0 Å². The maximum atomic E-state index is 10.3. The average Bonchev–Trinajstić information content (AvgIpc) is 2.27. The molecule has 4 heteroatoms. The van der Waals surface area contributed by atoms with Gasteiger partial charge in [0.05, 0.1) is 12.2 Å². The molecule has 0 aromatic carbocycles. The molecule has 1 rings (SSSR count). The lowest BCUT2D eigenvalue weighted by atomic mass is 9.84. The second kappa shape index (κ2) is 6.86. The zero-order valence-electron chi connectivity index (χ0n) is 9.64. The van der Waals surface area contributed by atoms with E-state index in [4.69, 9.17) is 5.11 Å². The standard InChI is InChI=1S/C12H22O4/c13-10(6-7-12(15)16)11(14)8-9-4-2-1-3-5-9/h9-11,13-14H,1-8H2,(H,15,16)/t10-,11-/m1/s1. The molecule has 94 valence electrons. The van der Waals surface area contributed by atoms with Crippen molar-refractivity contribution in [2.24, 2.45) is 5.92 Å². The predicted octanol–water partition coefficient (Wildman–Crippen LogP) is 1.54. The minimum Gasteiger partial charge on any atom is -0.481 e. The largest absolute Gasteiger partial charge is 0.481 e. The number of carbonyl (C=O) groups is 1. The van der Waals surface area contributed by atoms with E-state index in [0.29, 0.717) is 12.3 Å². The van der Waals surface area contributed by atoms with Crippen LogP contribution in [0.2, 0.25) is 0 Å². The lowest BCUT2D eigenvalue weighted by Crippen LogP contribution is -2.29. The fourth-order valence-corrected chi connectivity index (χ4v) is 2.39. The van der Waals surface area contributed by atoms with E-state index in [0.717, 1.165) is 12.8 Å². The van der Waals surface area contributed by atoms with E-state index >= 15 is 0 Å². The van der Waals surface area contributed by atoms with Gasteiger partial charge in [-0.1, -0.05) is 32.1 Å². The van der Waals surface area contributed by atoms with Crippen molar-refractivity contribution in [3.63, 3.8) is 0 Å². The van der Waals surface area contributed by atoms with Crippen LogP contribution >= 0.6 is 0 Å². The SMILES string of the molecule is O=C(O)CC[C@@H](O)[C@H](O)CC1CCCCC1. The zero-order chi connectivity index (χ0) is 12.0. The van der Waals surface area contributed by atoms with Gasteiger partial charge in [-0.25, -0.2) is 0 Å². The summed E-state index contributed by atoms with van der Waals surface area (Å²) in [6.45, 7) is 0. The molecule has 0 saturated heterocycles. The Hall–Kier alpha value is -0.610. The Morgan fingerprint density at radius 2 is 1.75 bits per heavy atom. The molecular weight excluding hydrogens is 208 g/mol. The molecule has 0 amide bonds. The number of carboxylic acid groups (broad SMARTS) is 1. The number of hydrogen-bond donors (Lipinski definition) is 3. The van der Waals surface area contributed by atoms with Crippen LogP contribution in [0.25, 0.3) is 0 Å². The van der Waals surface area contributed by atoms with Crippen LogP contribution in [-0.4, -0.2) is 33.5 Å². The molecule has 0 unspecified atom stereocenters. The van der Waals surface area contributed by atoms with Gasteiger partial charge in [-0.2, -0.15) is 0 Å². The molecule has 1 fully saturated rings. The lowest BCUT2D eigenvalue weighted by molar-refractivity contribution is -0.138. The van der Waals surface area contributed by atoms with Crippen molar-refractivity contribution >= 4 is 5.97 Å². The Morgan fingerprint density at radius 1 is 1.12 bits per heavy atom. The molecule has 0 radical (unpaired) electrons. The summed E-state index contributed by atoms with van der Waals surface area (Å²) in [6, 6.07) is 0. The Morgan fingerprint density at radius 3 is 2.31 bits per heavy atom. The van der Waals surface area contributed by atoms with Crippen molar-refractivity contribution in [3.05, 3.63) is 0 Å². The first-order valence-corrected chi connectivity index (χ1v) is 6.17. The van der Waals surface area contributed by atoms with Gasteiger partial charge in [-0.05, 0) is 18.8 Å². The highest BCUT2D eigenvalue weighted by molar-refractivity contribution is 5.66. The monoisotopic (exact) mass is 230 g/mol. The number of carboxylic acids is 1. The van der Waals surface area contributed by atoms with Gasteiger partial charge in [0.25, 0.3) is 0 Å². The smallest absolute Gasteiger partial charge is 0.303 e. The molecule has 2 atom stereocenters. The summed E-state index contributed by atoms with van der Waals surface area (Å²) in [5.41, 5.74) is 0. The molecule has 3 N–H and O–H groups in total. The van der Waals surface area contributed by atoms with Gasteiger partial charge in [0.1, 0.15) is 0 Å². The molecule has 4 nitrogen and oxygen atoms in total. The highest BCUT2D eigenvalue weighted by atomic mass is 16.4. The van der Waals surface area contributed by atoms with Crippen LogP contribution in [0.1, 0.15) is 51.4 Å². The Labute approximate surface area is 96.3 Å². The first-order chi connectivity index (χ1) is 7.59. The van der Waals surface area contributed by atoms with Gasteiger partial charge >= 0.3 is 5.97 Å². The molecule has 0 aromatic heterocycles. The quantitative estimate of drug-likeness (QED) is 0.647. The van der Waals surface area contributed by atoms with E-state index in [-0.39, 0.29) is 12.8 Å². The van der Waals surface area contributed by atoms with Crippen LogP contribution in [-0.2, 0) is 4.79 Å². The van der Waals surface area contributed by atoms with E-state index in [1.54, 1.807) is 0 Å². The van der Waals surface area contributed by atoms with Crippen molar-refractivity contribution in [2.75, 3.05) is 0 Å².